The van der Waals surface area contributed by atoms with Crippen molar-refractivity contribution < 1.29 is 14.7 Å². The smallest absolute Gasteiger partial charge is 0.306 e. The first kappa shape index (κ1) is 11.4. The lowest BCUT2D eigenvalue weighted by Gasteiger charge is -2.43. The lowest BCUT2D eigenvalue weighted by Crippen LogP contribution is -2.46. The van der Waals surface area contributed by atoms with Crippen LogP contribution in [0.3, 0.4) is 0 Å². The van der Waals surface area contributed by atoms with Crippen molar-refractivity contribution in [3.63, 3.8) is 0 Å². The summed E-state index contributed by atoms with van der Waals surface area (Å²) >= 11 is 0. The highest BCUT2D eigenvalue weighted by Crippen LogP contribution is 2.51. The van der Waals surface area contributed by atoms with Crippen LogP contribution in [-0.4, -0.2) is 41.0 Å². The summed E-state index contributed by atoms with van der Waals surface area (Å²) in [7, 11) is 0. The number of aliphatic carboxylic acids is 1. The quantitative estimate of drug-likeness (QED) is 0.696. The zero-order valence-corrected chi connectivity index (χ0v) is 9.48. The Morgan fingerprint density at radius 1 is 1.50 bits per heavy atom. The summed E-state index contributed by atoms with van der Waals surface area (Å²) in [4.78, 5) is 24.2. The number of nitrogens with two attached hydrogens (primary N) is 1. The number of likely N-dealkylation sites (tertiary alicyclic amines) is 1. The summed E-state index contributed by atoms with van der Waals surface area (Å²) < 4.78 is 0. The van der Waals surface area contributed by atoms with Crippen LogP contribution in [0.2, 0.25) is 0 Å². The Balaban J connectivity index is 1.90. The fourth-order valence-corrected chi connectivity index (χ4v) is 2.90. The minimum atomic E-state index is -0.706. The maximum atomic E-state index is 11.7. The molecule has 1 heterocycles. The molecule has 0 bridgehead atoms. The van der Waals surface area contributed by atoms with Crippen molar-refractivity contribution >= 4 is 11.9 Å². The molecular formula is C11H18N2O3. The van der Waals surface area contributed by atoms with Crippen LogP contribution < -0.4 is 5.73 Å². The Morgan fingerprint density at radius 2 is 2.12 bits per heavy atom. The first-order valence-corrected chi connectivity index (χ1v) is 5.71. The number of hydrogen-bond donors (Lipinski definition) is 2. The van der Waals surface area contributed by atoms with E-state index >= 15 is 0 Å². The summed E-state index contributed by atoms with van der Waals surface area (Å²) in [5.74, 6) is -0.927. The van der Waals surface area contributed by atoms with Crippen molar-refractivity contribution in [1.82, 2.24) is 4.90 Å². The Kier molecular flexibility index (Phi) is 2.66. The number of amides is 1. The van der Waals surface area contributed by atoms with Crippen LogP contribution in [0.1, 0.15) is 26.2 Å². The molecule has 0 aromatic heterocycles. The standard InChI is InChI=1S/C11H18N2O3/c1-7(12)9(14)13-3-2-11(6-13)4-8(5-11)10(15)16/h7-8H,2-6,12H2,1H3,(H,15,16)/t7-,8?,11?/m0/s1. The van der Waals surface area contributed by atoms with Gasteiger partial charge in [-0.1, -0.05) is 0 Å². The topological polar surface area (TPSA) is 83.6 Å². The number of carboxylic acid groups (broad SMARTS) is 1. The summed E-state index contributed by atoms with van der Waals surface area (Å²) in [5, 5.41) is 8.84. The van der Waals surface area contributed by atoms with Gasteiger partial charge in [0.05, 0.1) is 12.0 Å². The van der Waals surface area contributed by atoms with Gasteiger partial charge in [-0.2, -0.15) is 0 Å². The largest absolute Gasteiger partial charge is 0.481 e. The molecule has 0 aromatic carbocycles. The van der Waals surface area contributed by atoms with Crippen LogP contribution in [-0.2, 0) is 9.59 Å². The first-order chi connectivity index (χ1) is 7.43. The molecule has 1 aliphatic carbocycles. The Hall–Kier alpha value is -1.10. The summed E-state index contributed by atoms with van der Waals surface area (Å²) in [6.07, 6.45) is 2.35. The van der Waals surface area contributed by atoms with Gasteiger partial charge in [-0.25, -0.2) is 0 Å². The second kappa shape index (κ2) is 3.73. The molecular weight excluding hydrogens is 208 g/mol. The number of carbonyl (C=O) groups is 2. The van der Waals surface area contributed by atoms with Crippen molar-refractivity contribution in [2.24, 2.45) is 17.1 Å². The Morgan fingerprint density at radius 3 is 2.62 bits per heavy atom. The second-order valence-corrected chi connectivity index (χ2v) is 5.24. The predicted octanol–water partition coefficient (Wildman–Crippen LogP) is 0.0469. The molecule has 2 rings (SSSR count). The lowest BCUT2D eigenvalue weighted by atomic mass is 9.61. The lowest BCUT2D eigenvalue weighted by molar-refractivity contribution is -0.149. The van der Waals surface area contributed by atoms with Crippen LogP contribution >= 0.6 is 0 Å². The van der Waals surface area contributed by atoms with Gasteiger partial charge < -0.3 is 15.7 Å². The second-order valence-electron chi connectivity index (χ2n) is 5.24. The van der Waals surface area contributed by atoms with E-state index in [1.54, 1.807) is 11.8 Å². The van der Waals surface area contributed by atoms with Crippen LogP contribution in [0.4, 0.5) is 0 Å². The fraction of sp³-hybridized carbons (Fsp3) is 0.818. The molecule has 0 unspecified atom stereocenters. The van der Waals surface area contributed by atoms with E-state index in [0.717, 1.165) is 13.0 Å². The van der Waals surface area contributed by atoms with Gasteiger partial charge in [0, 0.05) is 13.1 Å². The highest BCUT2D eigenvalue weighted by atomic mass is 16.4. The van der Waals surface area contributed by atoms with Crippen LogP contribution in [0.25, 0.3) is 0 Å². The van der Waals surface area contributed by atoms with E-state index in [2.05, 4.69) is 0 Å². The minimum absolute atomic E-state index is 0.0179. The molecule has 2 aliphatic rings. The number of rotatable bonds is 2. The first-order valence-electron chi connectivity index (χ1n) is 5.71. The molecule has 1 amide bonds. The van der Waals surface area contributed by atoms with Crippen molar-refractivity contribution in [3.05, 3.63) is 0 Å². The van der Waals surface area contributed by atoms with Crippen molar-refractivity contribution in [1.29, 1.82) is 0 Å². The van der Waals surface area contributed by atoms with Crippen LogP contribution in [0, 0.1) is 11.3 Å². The third-order valence-corrected chi connectivity index (χ3v) is 3.85. The van der Waals surface area contributed by atoms with Gasteiger partial charge in [0.15, 0.2) is 0 Å². The summed E-state index contributed by atoms with van der Waals surface area (Å²) in [5.41, 5.74) is 5.63. The van der Waals surface area contributed by atoms with E-state index in [-0.39, 0.29) is 17.2 Å². The minimum Gasteiger partial charge on any atom is -0.481 e. The van der Waals surface area contributed by atoms with Crippen molar-refractivity contribution in [2.45, 2.75) is 32.2 Å². The predicted molar refractivity (Wildman–Crippen MR) is 57.6 cm³/mol. The van der Waals surface area contributed by atoms with E-state index in [4.69, 9.17) is 10.8 Å². The highest BCUT2D eigenvalue weighted by Gasteiger charge is 2.51. The number of carboxylic acids is 1. The van der Waals surface area contributed by atoms with Gasteiger partial charge in [0.1, 0.15) is 0 Å². The molecule has 5 heteroatoms. The average Bonchev–Trinajstić information content (AvgIpc) is 2.58. The molecule has 1 saturated heterocycles. The van der Waals surface area contributed by atoms with Crippen LogP contribution in [0.15, 0.2) is 0 Å². The summed E-state index contributed by atoms with van der Waals surface area (Å²) in [6, 6.07) is -0.453. The molecule has 1 spiro atoms. The molecule has 3 N–H and O–H groups in total. The molecule has 5 nitrogen and oxygen atoms in total. The normalized spacial score (nSPS) is 34.9. The molecule has 0 radical (unpaired) electrons. The van der Waals surface area contributed by atoms with E-state index in [9.17, 15) is 9.59 Å². The van der Waals surface area contributed by atoms with E-state index in [1.807, 2.05) is 0 Å². The van der Waals surface area contributed by atoms with Crippen LogP contribution in [0.5, 0.6) is 0 Å². The van der Waals surface area contributed by atoms with E-state index in [1.165, 1.54) is 0 Å². The molecule has 90 valence electrons. The Bertz CT molecular complexity index is 321. The SMILES string of the molecule is C[C@H](N)C(=O)N1CCC2(CC(C(=O)O)C2)C1. The maximum absolute atomic E-state index is 11.7. The fourth-order valence-electron chi connectivity index (χ4n) is 2.90. The van der Waals surface area contributed by atoms with Crippen molar-refractivity contribution in [3.8, 4) is 0 Å². The molecule has 2 fully saturated rings. The third-order valence-electron chi connectivity index (χ3n) is 3.85. The molecule has 16 heavy (non-hydrogen) atoms. The number of carbonyl (C=O) groups excluding carboxylic acids is 1. The van der Waals surface area contributed by atoms with Crippen molar-refractivity contribution in [2.75, 3.05) is 13.1 Å². The number of hydrogen-bond acceptors (Lipinski definition) is 3. The molecule has 1 saturated carbocycles. The average molecular weight is 226 g/mol. The third kappa shape index (κ3) is 1.80. The van der Waals surface area contributed by atoms with Gasteiger partial charge >= 0.3 is 5.97 Å². The zero-order chi connectivity index (χ0) is 11.9. The van der Waals surface area contributed by atoms with Gasteiger partial charge in [0.25, 0.3) is 0 Å². The molecule has 1 aliphatic heterocycles. The molecule has 0 aromatic rings. The maximum Gasteiger partial charge on any atom is 0.306 e. The van der Waals surface area contributed by atoms with Gasteiger partial charge in [-0.3, -0.25) is 9.59 Å². The van der Waals surface area contributed by atoms with Gasteiger partial charge in [-0.15, -0.1) is 0 Å². The number of nitrogens with zero attached hydrogens (tertiary/aromatic N) is 1. The zero-order valence-electron chi connectivity index (χ0n) is 9.48. The molecule has 1 atom stereocenters. The van der Waals surface area contributed by atoms with Gasteiger partial charge in [0.2, 0.25) is 5.91 Å². The summed E-state index contributed by atoms with van der Waals surface area (Å²) in [6.45, 7) is 3.11. The van der Waals surface area contributed by atoms with E-state index < -0.39 is 12.0 Å². The van der Waals surface area contributed by atoms with Gasteiger partial charge in [-0.05, 0) is 31.6 Å². The monoisotopic (exact) mass is 226 g/mol. The highest BCUT2D eigenvalue weighted by molar-refractivity contribution is 5.81. The van der Waals surface area contributed by atoms with E-state index in [0.29, 0.717) is 19.4 Å². The Labute approximate surface area is 94.6 Å².